The molecule has 5 heteroatoms. The van der Waals surface area contributed by atoms with E-state index in [2.05, 4.69) is 84.1 Å². The predicted molar refractivity (Wildman–Crippen MR) is 144 cm³/mol. The lowest BCUT2D eigenvalue weighted by Gasteiger charge is -2.40. The van der Waals surface area contributed by atoms with Crippen LogP contribution in [0.2, 0.25) is 0 Å². The van der Waals surface area contributed by atoms with Gasteiger partial charge in [-0.3, -0.25) is 0 Å². The van der Waals surface area contributed by atoms with E-state index in [-0.39, 0.29) is 11.9 Å². The number of fused-ring (bicyclic) bond motifs is 1. The Bertz CT molecular complexity index is 1400. The Balaban J connectivity index is 1.48. The zero-order chi connectivity index (χ0) is 23.9. The minimum atomic E-state index is -0.227. The second kappa shape index (κ2) is 8.99. The number of rotatable bonds is 3. The molecule has 3 aliphatic rings. The zero-order valence-corrected chi connectivity index (χ0v) is 20.6. The zero-order valence-electron chi connectivity index (χ0n) is 19.8. The van der Waals surface area contributed by atoms with Crippen molar-refractivity contribution in [2.75, 3.05) is 13.1 Å². The lowest BCUT2D eigenvalue weighted by Crippen LogP contribution is -2.40. The highest BCUT2D eigenvalue weighted by molar-refractivity contribution is 8.16. The summed E-state index contributed by atoms with van der Waals surface area (Å²) in [5.74, 6) is -0.227. The average molecular weight is 480 g/mol. The highest BCUT2D eigenvalue weighted by atomic mass is 32.2. The third-order valence-corrected chi connectivity index (χ3v) is 7.57. The van der Waals surface area contributed by atoms with Crippen molar-refractivity contribution in [1.29, 1.82) is 0 Å². The van der Waals surface area contributed by atoms with Gasteiger partial charge in [-0.05, 0) is 72.0 Å². The molecule has 0 radical (unpaired) electrons. The summed E-state index contributed by atoms with van der Waals surface area (Å²) in [4.78, 5) is 7.52. The Hall–Kier alpha value is -3.41. The lowest BCUT2D eigenvalue weighted by molar-refractivity contribution is 0.462. The number of thioether (sulfide) groups is 1. The van der Waals surface area contributed by atoms with E-state index in [1.54, 1.807) is 11.8 Å². The van der Waals surface area contributed by atoms with Crippen LogP contribution < -0.4 is 5.32 Å². The van der Waals surface area contributed by atoms with Gasteiger partial charge in [0.2, 0.25) is 0 Å². The second-order valence-corrected chi connectivity index (χ2v) is 10.1. The van der Waals surface area contributed by atoms with Gasteiger partial charge in [0.05, 0.1) is 17.4 Å². The first kappa shape index (κ1) is 22.1. The Kier molecular flexibility index (Phi) is 5.67. The van der Waals surface area contributed by atoms with E-state index in [1.807, 2.05) is 12.1 Å². The summed E-state index contributed by atoms with van der Waals surface area (Å²) >= 11 is 1.64. The molecule has 1 N–H and O–H groups in total. The number of amidine groups is 1. The Labute approximate surface area is 209 Å². The van der Waals surface area contributed by atoms with Crippen molar-refractivity contribution in [2.24, 2.45) is 4.99 Å². The Morgan fingerprint density at radius 2 is 1.60 bits per heavy atom. The van der Waals surface area contributed by atoms with Gasteiger partial charge >= 0.3 is 0 Å². The summed E-state index contributed by atoms with van der Waals surface area (Å²) in [6, 6.07) is 24.2. The summed E-state index contributed by atoms with van der Waals surface area (Å²) < 4.78 is 13.7. The van der Waals surface area contributed by atoms with Crippen molar-refractivity contribution in [3.63, 3.8) is 0 Å². The van der Waals surface area contributed by atoms with Gasteiger partial charge in [-0.25, -0.2) is 9.38 Å². The van der Waals surface area contributed by atoms with Crippen LogP contribution in [0, 0.1) is 19.7 Å². The molecule has 35 heavy (non-hydrogen) atoms. The number of nitrogens with one attached hydrogen (secondary N) is 1. The summed E-state index contributed by atoms with van der Waals surface area (Å²) in [6.45, 7) is 5.78. The van der Waals surface area contributed by atoms with Gasteiger partial charge in [0.1, 0.15) is 5.82 Å². The van der Waals surface area contributed by atoms with Gasteiger partial charge in [0, 0.05) is 18.5 Å². The molecule has 0 bridgehead atoms. The summed E-state index contributed by atoms with van der Waals surface area (Å²) in [7, 11) is 0. The molecular formula is C30H26FN3S. The fourth-order valence-corrected chi connectivity index (χ4v) is 5.82. The molecule has 0 aliphatic carbocycles. The lowest BCUT2D eigenvalue weighted by atomic mass is 9.88. The third-order valence-electron chi connectivity index (χ3n) is 6.73. The first-order valence-electron chi connectivity index (χ1n) is 11.9. The molecular weight excluding hydrogens is 453 g/mol. The molecule has 0 saturated heterocycles. The maximum atomic E-state index is 13.7. The molecule has 0 saturated carbocycles. The van der Waals surface area contributed by atoms with Crippen LogP contribution >= 0.6 is 11.8 Å². The fourth-order valence-electron chi connectivity index (χ4n) is 4.89. The molecule has 3 aromatic carbocycles. The first-order valence-corrected chi connectivity index (χ1v) is 12.7. The fraction of sp³-hybridized carbons (Fsp3) is 0.167. The molecule has 1 unspecified atom stereocenters. The largest absolute Gasteiger partial charge is 0.309 e. The predicted octanol–water partition coefficient (Wildman–Crippen LogP) is 6.84. The first-order chi connectivity index (χ1) is 17.1. The van der Waals surface area contributed by atoms with E-state index >= 15 is 0 Å². The highest BCUT2D eigenvalue weighted by Gasteiger charge is 2.40. The molecule has 6 rings (SSSR count). The monoisotopic (exact) mass is 479 g/mol. The van der Waals surface area contributed by atoms with Gasteiger partial charge in [-0.1, -0.05) is 71.4 Å². The van der Waals surface area contributed by atoms with Gasteiger partial charge in [-0.2, -0.15) is 0 Å². The van der Waals surface area contributed by atoms with Crippen molar-refractivity contribution >= 4 is 28.7 Å². The van der Waals surface area contributed by atoms with Gasteiger partial charge in [0.15, 0.2) is 5.17 Å². The number of halogens is 1. The molecule has 3 heterocycles. The van der Waals surface area contributed by atoms with E-state index in [0.717, 1.165) is 35.2 Å². The van der Waals surface area contributed by atoms with Crippen LogP contribution in [0.3, 0.4) is 0 Å². The van der Waals surface area contributed by atoms with Crippen LogP contribution in [0.4, 0.5) is 4.39 Å². The van der Waals surface area contributed by atoms with Crippen LogP contribution in [0.1, 0.15) is 33.9 Å². The third kappa shape index (κ3) is 4.15. The number of aryl methyl sites for hydroxylation is 2. The van der Waals surface area contributed by atoms with E-state index in [1.165, 1.54) is 45.5 Å². The smallest absolute Gasteiger partial charge is 0.174 e. The standard InChI is InChI=1S/C30H26FN3S/c1-19-3-7-21(8-4-19)15-24-16-32-17-26-28(24)33-30-34(29(26)23-9-5-20(2)6-10-23)27(18-35-30)22-11-13-25(31)14-12-22/h3-15,18,29,32H,16-17H2,1-2H3/b24-15+. The second-order valence-electron chi connectivity index (χ2n) is 9.26. The van der Waals surface area contributed by atoms with Crippen molar-refractivity contribution in [2.45, 2.75) is 19.9 Å². The number of aliphatic imine (C=N–C) groups is 1. The highest BCUT2D eigenvalue weighted by Crippen LogP contribution is 2.48. The maximum Gasteiger partial charge on any atom is 0.174 e. The number of hydrogen-bond acceptors (Lipinski definition) is 4. The van der Waals surface area contributed by atoms with E-state index in [9.17, 15) is 4.39 Å². The average Bonchev–Trinajstić information content (AvgIpc) is 3.29. The van der Waals surface area contributed by atoms with Gasteiger partial charge < -0.3 is 10.2 Å². The van der Waals surface area contributed by atoms with Crippen molar-refractivity contribution in [1.82, 2.24) is 10.2 Å². The molecule has 0 amide bonds. The molecule has 3 nitrogen and oxygen atoms in total. The number of hydrogen-bond donors (Lipinski definition) is 1. The van der Waals surface area contributed by atoms with Crippen molar-refractivity contribution < 1.29 is 4.39 Å². The number of benzene rings is 3. The Morgan fingerprint density at radius 1 is 0.914 bits per heavy atom. The normalized spacial score (nSPS) is 20.5. The van der Waals surface area contributed by atoms with Crippen molar-refractivity contribution in [3.8, 4) is 0 Å². The van der Waals surface area contributed by atoms with E-state index in [0.29, 0.717) is 0 Å². The topological polar surface area (TPSA) is 27.6 Å². The molecule has 0 fully saturated rings. The van der Waals surface area contributed by atoms with E-state index < -0.39 is 0 Å². The van der Waals surface area contributed by atoms with Gasteiger partial charge in [0.25, 0.3) is 0 Å². The van der Waals surface area contributed by atoms with Crippen LogP contribution in [0.25, 0.3) is 11.8 Å². The quantitative estimate of drug-likeness (QED) is 0.446. The molecule has 0 spiro atoms. The van der Waals surface area contributed by atoms with Crippen LogP contribution in [0.5, 0.6) is 0 Å². The minimum absolute atomic E-state index is 0.0126. The molecule has 174 valence electrons. The van der Waals surface area contributed by atoms with Crippen LogP contribution in [0.15, 0.2) is 100 Å². The van der Waals surface area contributed by atoms with Crippen molar-refractivity contribution in [3.05, 3.63) is 129 Å². The molecule has 0 aromatic heterocycles. The van der Waals surface area contributed by atoms with E-state index in [4.69, 9.17) is 4.99 Å². The summed E-state index contributed by atoms with van der Waals surface area (Å²) in [5, 5.41) is 6.73. The SMILES string of the molecule is Cc1ccc(/C=C2\CNCC3=C2N=C2SC=C(c4ccc(F)cc4)N2C3c2ccc(C)cc2)cc1. The summed E-state index contributed by atoms with van der Waals surface area (Å²) in [5.41, 5.74) is 10.5. The minimum Gasteiger partial charge on any atom is -0.309 e. The Morgan fingerprint density at radius 3 is 2.31 bits per heavy atom. The van der Waals surface area contributed by atoms with Crippen LogP contribution in [-0.4, -0.2) is 23.2 Å². The molecule has 3 aromatic rings. The summed E-state index contributed by atoms with van der Waals surface area (Å²) in [6.07, 6.45) is 2.25. The molecule has 1 atom stereocenters. The van der Waals surface area contributed by atoms with Crippen LogP contribution in [-0.2, 0) is 0 Å². The molecule has 3 aliphatic heterocycles. The van der Waals surface area contributed by atoms with Gasteiger partial charge in [-0.15, -0.1) is 0 Å². The maximum absolute atomic E-state index is 13.7. The number of nitrogens with zero attached hydrogens (tertiary/aromatic N) is 2.